The molecule has 0 aliphatic carbocycles. The first kappa shape index (κ1) is 20.9. The number of carboxylic acid groups (broad SMARTS) is 1. The quantitative estimate of drug-likeness (QED) is 0.383. The fourth-order valence-electron chi connectivity index (χ4n) is 2.35. The maximum Gasteiger partial charge on any atom is 0.306 e. The Hall–Kier alpha value is -1.06. The number of hydrogen-bond acceptors (Lipinski definition) is 4. The van der Waals surface area contributed by atoms with Crippen LogP contribution in [0.2, 0.25) is 0 Å². The van der Waals surface area contributed by atoms with Crippen LogP contribution in [-0.4, -0.2) is 17.5 Å². The van der Waals surface area contributed by atoms with E-state index in [0.29, 0.717) is 6.42 Å². The van der Waals surface area contributed by atoms with E-state index >= 15 is 0 Å². The summed E-state index contributed by atoms with van der Waals surface area (Å²) in [7, 11) is 0. The van der Waals surface area contributed by atoms with Crippen LogP contribution < -0.4 is 5.11 Å². The molecule has 0 aromatic rings. The minimum Gasteiger partial charge on any atom is -0.550 e. The maximum atomic E-state index is 11.5. The summed E-state index contributed by atoms with van der Waals surface area (Å²) in [5, 5.41) is 10.2. The Bertz CT molecular complexity index is 305. The second-order valence-corrected chi connectivity index (χ2v) is 6.99. The monoisotopic (exact) mass is 313 g/mol. The van der Waals surface area contributed by atoms with Crippen molar-refractivity contribution in [1.29, 1.82) is 0 Å². The van der Waals surface area contributed by atoms with E-state index in [1.54, 1.807) is 0 Å². The Balaban J connectivity index is 3.21. The fraction of sp³-hybridized carbons (Fsp3) is 0.889. The van der Waals surface area contributed by atoms with E-state index < -0.39 is 5.97 Å². The molecule has 0 atom stereocenters. The molecule has 0 heterocycles. The Morgan fingerprint density at radius 2 is 1.09 bits per heavy atom. The summed E-state index contributed by atoms with van der Waals surface area (Å²) < 4.78 is 5.26. The van der Waals surface area contributed by atoms with E-state index in [1.165, 1.54) is 32.1 Å². The highest BCUT2D eigenvalue weighted by Gasteiger charge is 2.15. The number of carbonyl (C=O) groups excluding carboxylic acids is 2. The molecular weight excluding hydrogens is 280 g/mol. The van der Waals surface area contributed by atoms with Crippen molar-refractivity contribution in [2.75, 3.05) is 0 Å². The predicted octanol–water partition coefficient (Wildman–Crippen LogP) is 3.76. The van der Waals surface area contributed by atoms with Crippen molar-refractivity contribution in [2.24, 2.45) is 0 Å². The Morgan fingerprint density at radius 3 is 1.45 bits per heavy atom. The van der Waals surface area contributed by atoms with Gasteiger partial charge in [0.1, 0.15) is 5.60 Å². The molecule has 4 heteroatoms. The molecule has 0 fully saturated rings. The zero-order valence-corrected chi connectivity index (χ0v) is 14.6. The number of carboxylic acids is 1. The van der Waals surface area contributed by atoms with E-state index in [4.69, 9.17) is 4.74 Å². The van der Waals surface area contributed by atoms with Gasteiger partial charge in [0.25, 0.3) is 0 Å². The lowest BCUT2D eigenvalue weighted by molar-refractivity contribution is -0.305. The zero-order chi connectivity index (χ0) is 16.8. The van der Waals surface area contributed by atoms with Gasteiger partial charge in [-0.3, -0.25) is 4.79 Å². The van der Waals surface area contributed by atoms with Crippen LogP contribution in [0, 0.1) is 0 Å². The Labute approximate surface area is 135 Å². The Morgan fingerprint density at radius 1 is 0.727 bits per heavy atom. The second kappa shape index (κ2) is 12.5. The van der Waals surface area contributed by atoms with Crippen molar-refractivity contribution in [1.82, 2.24) is 0 Å². The van der Waals surface area contributed by atoms with Crippen LogP contribution in [0.5, 0.6) is 0 Å². The summed E-state index contributed by atoms with van der Waals surface area (Å²) >= 11 is 0. The predicted molar refractivity (Wildman–Crippen MR) is 86.3 cm³/mol. The van der Waals surface area contributed by atoms with Crippen molar-refractivity contribution >= 4 is 11.9 Å². The minimum absolute atomic E-state index is 0.0935. The van der Waals surface area contributed by atoms with Gasteiger partial charge < -0.3 is 14.6 Å². The normalized spacial score (nSPS) is 11.4. The van der Waals surface area contributed by atoms with Crippen molar-refractivity contribution in [3.8, 4) is 0 Å². The first-order chi connectivity index (χ1) is 10.3. The highest BCUT2D eigenvalue weighted by Crippen LogP contribution is 2.13. The molecule has 0 saturated heterocycles. The average molecular weight is 313 g/mol. The van der Waals surface area contributed by atoms with Gasteiger partial charge in [-0.25, -0.2) is 0 Å². The molecule has 0 unspecified atom stereocenters. The summed E-state index contributed by atoms with van der Waals surface area (Å²) in [4.78, 5) is 21.7. The molecule has 0 radical (unpaired) electrons. The number of aliphatic carboxylic acids is 1. The van der Waals surface area contributed by atoms with Crippen LogP contribution in [0.3, 0.4) is 0 Å². The Kier molecular flexibility index (Phi) is 11.9. The average Bonchev–Trinajstić information content (AvgIpc) is 2.37. The highest BCUT2D eigenvalue weighted by atomic mass is 16.6. The van der Waals surface area contributed by atoms with Crippen LogP contribution in [0.4, 0.5) is 0 Å². The number of esters is 1. The molecule has 22 heavy (non-hydrogen) atoms. The molecule has 0 aliphatic heterocycles. The van der Waals surface area contributed by atoms with Crippen molar-refractivity contribution < 1.29 is 19.4 Å². The lowest BCUT2D eigenvalue weighted by Crippen LogP contribution is -2.23. The largest absolute Gasteiger partial charge is 0.550 e. The van der Waals surface area contributed by atoms with Crippen molar-refractivity contribution in [3.63, 3.8) is 0 Å². The van der Waals surface area contributed by atoms with Crippen LogP contribution in [0.1, 0.15) is 97.8 Å². The smallest absolute Gasteiger partial charge is 0.306 e. The third-order valence-corrected chi connectivity index (χ3v) is 3.43. The summed E-state index contributed by atoms with van der Waals surface area (Å²) in [6.07, 6.45) is 11.6. The zero-order valence-electron chi connectivity index (χ0n) is 14.6. The van der Waals surface area contributed by atoms with E-state index in [2.05, 4.69) is 0 Å². The van der Waals surface area contributed by atoms with E-state index in [-0.39, 0.29) is 18.0 Å². The van der Waals surface area contributed by atoms with Gasteiger partial charge in [-0.2, -0.15) is 0 Å². The summed E-state index contributed by atoms with van der Waals surface area (Å²) in [5.74, 6) is -1.03. The number of rotatable bonds is 13. The topological polar surface area (TPSA) is 66.4 Å². The number of ether oxygens (including phenoxy) is 1. The van der Waals surface area contributed by atoms with Crippen molar-refractivity contribution in [3.05, 3.63) is 0 Å². The van der Waals surface area contributed by atoms with Gasteiger partial charge in [-0.1, -0.05) is 51.4 Å². The molecule has 0 rings (SSSR count). The third-order valence-electron chi connectivity index (χ3n) is 3.43. The van der Waals surface area contributed by atoms with Crippen LogP contribution >= 0.6 is 0 Å². The first-order valence-electron chi connectivity index (χ1n) is 8.73. The standard InChI is InChI=1S/C18H34O4/c1-18(2,3)22-17(21)15-13-11-9-7-5-4-6-8-10-12-14-16(19)20/h4-15H2,1-3H3,(H,19,20)/p-1. The molecule has 0 aromatic carbocycles. The third kappa shape index (κ3) is 17.0. The molecule has 0 spiro atoms. The lowest BCUT2D eigenvalue weighted by Gasteiger charge is -2.19. The van der Waals surface area contributed by atoms with Crippen LogP contribution in [0.25, 0.3) is 0 Å². The summed E-state index contributed by atoms with van der Waals surface area (Å²) in [5.41, 5.74) is -0.377. The molecule has 0 aliphatic rings. The van der Waals surface area contributed by atoms with Gasteiger partial charge in [0.2, 0.25) is 0 Å². The maximum absolute atomic E-state index is 11.5. The minimum atomic E-state index is -0.939. The van der Waals surface area contributed by atoms with Gasteiger partial charge in [-0.05, 0) is 40.0 Å². The fourth-order valence-corrected chi connectivity index (χ4v) is 2.35. The summed E-state index contributed by atoms with van der Waals surface area (Å²) in [6.45, 7) is 5.68. The molecule has 0 aromatic heterocycles. The molecule has 0 N–H and O–H groups in total. The second-order valence-electron chi connectivity index (χ2n) is 6.99. The van der Waals surface area contributed by atoms with Gasteiger partial charge in [0.05, 0.1) is 0 Å². The van der Waals surface area contributed by atoms with E-state index in [0.717, 1.165) is 32.1 Å². The van der Waals surface area contributed by atoms with Crippen molar-refractivity contribution in [2.45, 2.75) is 103 Å². The van der Waals surface area contributed by atoms with E-state index in [9.17, 15) is 14.7 Å². The molecule has 0 bridgehead atoms. The van der Waals surface area contributed by atoms with Crippen LogP contribution in [-0.2, 0) is 14.3 Å². The van der Waals surface area contributed by atoms with Gasteiger partial charge in [-0.15, -0.1) is 0 Å². The SMILES string of the molecule is CC(C)(C)OC(=O)CCCCCCCCCCCCC(=O)[O-]. The lowest BCUT2D eigenvalue weighted by atomic mass is 10.1. The van der Waals surface area contributed by atoms with Gasteiger partial charge in [0.15, 0.2) is 0 Å². The molecule has 0 amide bonds. The number of carbonyl (C=O) groups is 2. The number of unbranched alkanes of at least 4 members (excludes halogenated alkanes) is 9. The molecule has 4 nitrogen and oxygen atoms in total. The van der Waals surface area contributed by atoms with Gasteiger partial charge in [0, 0.05) is 12.4 Å². The van der Waals surface area contributed by atoms with E-state index in [1.807, 2.05) is 20.8 Å². The van der Waals surface area contributed by atoms with Crippen LogP contribution in [0.15, 0.2) is 0 Å². The molecule has 0 saturated carbocycles. The highest BCUT2D eigenvalue weighted by molar-refractivity contribution is 5.69. The summed E-state index contributed by atoms with van der Waals surface area (Å²) in [6, 6.07) is 0. The first-order valence-corrected chi connectivity index (χ1v) is 8.73. The molecule has 130 valence electrons. The molecular formula is C18H33O4-. The van der Waals surface area contributed by atoms with Gasteiger partial charge >= 0.3 is 5.97 Å². The number of hydrogen-bond donors (Lipinski definition) is 0.